The number of hydrogen-bond acceptors (Lipinski definition) is 3. The van der Waals surface area contributed by atoms with E-state index in [0.29, 0.717) is 0 Å². The van der Waals surface area contributed by atoms with Gasteiger partial charge in [-0.25, -0.2) is 0 Å². The first-order valence-electron chi connectivity index (χ1n) is 5.47. The highest BCUT2D eigenvalue weighted by molar-refractivity contribution is 7.09. The molecule has 2 aliphatic carbocycles. The molecule has 14 heavy (non-hydrogen) atoms. The van der Waals surface area contributed by atoms with Gasteiger partial charge in [0.05, 0.1) is 5.51 Å². The summed E-state index contributed by atoms with van der Waals surface area (Å²) in [4.78, 5) is 5.44. The van der Waals surface area contributed by atoms with Crippen molar-refractivity contribution in [2.24, 2.45) is 5.41 Å². The third kappa shape index (κ3) is 1.48. The van der Waals surface area contributed by atoms with Crippen LogP contribution in [0.1, 0.15) is 37.0 Å². The van der Waals surface area contributed by atoms with Crippen molar-refractivity contribution in [1.29, 1.82) is 0 Å². The van der Waals surface area contributed by atoms with E-state index in [1.54, 1.807) is 11.3 Å². The number of aromatic nitrogens is 1. The molecule has 1 heterocycles. The Hall–Kier alpha value is -0.410. The van der Waals surface area contributed by atoms with Crippen LogP contribution in [0, 0.1) is 5.41 Å². The lowest BCUT2D eigenvalue weighted by molar-refractivity contribution is -0.00255. The summed E-state index contributed by atoms with van der Waals surface area (Å²) in [5, 5.41) is 3.62. The van der Waals surface area contributed by atoms with Crippen LogP contribution in [0.15, 0.2) is 11.7 Å². The maximum Gasteiger partial charge on any atom is 0.0794 e. The molecule has 1 N–H and O–H groups in total. The second-order valence-electron chi connectivity index (χ2n) is 4.81. The summed E-state index contributed by atoms with van der Waals surface area (Å²) < 4.78 is 0. The van der Waals surface area contributed by atoms with Crippen LogP contribution in [-0.2, 0) is 6.54 Å². The van der Waals surface area contributed by atoms with Crippen molar-refractivity contribution >= 4 is 11.3 Å². The Bertz CT molecular complexity index is 295. The van der Waals surface area contributed by atoms with E-state index in [2.05, 4.69) is 10.3 Å². The molecule has 2 saturated carbocycles. The Morgan fingerprint density at radius 2 is 2.36 bits per heavy atom. The van der Waals surface area contributed by atoms with E-state index in [1.807, 2.05) is 11.7 Å². The van der Waals surface area contributed by atoms with Crippen molar-refractivity contribution in [1.82, 2.24) is 10.3 Å². The lowest BCUT2D eigenvalue weighted by Gasteiger charge is -2.54. The van der Waals surface area contributed by atoms with Crippen molar-refractivity contribution in [2.45, 2.75) is 44.7 Å². The highest BCUT2D eigenvalue weighted by atomic mass is 32.1. The zero-order valence-corrected chi connectivity index (χ0v) is 9.15. The smallest absolute Gasteiger partial charge is 0.0794 e. The number of rotatable bonds is 3. The molecule has 0 aromatic carbocycles. The molecule has 1 aromatic rings. The van der Waals surface area contributed by atoms with Gasteiger partial charge in [-0.1, -0.05) is 6.42 Å². The number of hydrogen-bond donors (Lipinski definition) is 1. The van der Waals surface area contributed by atoms with E-state index in [9.17, 15) is 0 Å². The molecule has 0 unspecified atom stereocenters. The molecule has 3 rings (SSSR count). The Kier molecular flexibility index (Phi) is 2.10. The molecule has 76 valence electrons. The Morgan fingerprint density at radius 1 is 1.50 bits per heavy atom. The van der Waals surface area contributed by atoms with Gasteiger partial charge in [0.2, 0.25) is 0 Å². The van der Waals surface area contributed by atoms with E-state index in [0.717, 1.165) is 18.0 Å². The Balaban J connectivity index is 1.43. The standard InChI is InChI=1S/C11H16N2S/c1-2-11(3-1)4-9(5-11)13-7-10-6-12-8-14-10/h6,8-9,13H,1-5,7H2. The molecule has 0 atom stereocenters. The quantitative estimate of drug-likeness (QED) is 0.825. The number of thiazole rings is 1. The van der Waals surface area contributed by atoms with E-state index >= 15 is 0 Å². The molecule has 1 spiro atoms. The first-order valence-corrected chi connectivity index (χ1v) is 6.35. The monoisotopic (exact) mass is 208 g/mol. The minimum Gasteiger partial charge on any atom is -0.309 e. The summed E-state index contributed by atoms with van der Waals surface area (Å²) in [6, 6.07) is 0.789. The lowest BCUT2D eigenvalue weighted by atomic mass is 9.54. The van der Waals surface area contributed by atoms with E-state index < -0.39 is 0 Å². The predicted octanol–water partition coefficient (Wildman–Crippen LogP) is 2.57. The van der Waals surface area contributed by atoms with Gasteiger partial charge in [0.1, 0.15) is 0 Å². The lowest BCUT2D eigenvalue weighted by Crippen LogP contribution is -2.51. The van der Waals surface area contributed by atoms with Gasteiger partial charge in [-0.2, -0.15) is 0 Å². The zero-order chi connectivity index (χ0) is 9.43. The fourth-order valence-corrected chi connectivity index (χ4v) is 3.33. The zero-order valence-electron chi connectivity index (χ0n) is 8.33. The van der Waals surface area contributed by atoms with Crippen molar-refractivity contribution in [3.8, 4) is 0 Å². The van der Waals surface area contributed by atoms with Crippen LogP contribution in [0.4, 0.5) is 0 Å². The molecular formula is C11H16N2S. The predicted molar refractivity (Wildman–Crippen MR) is 58.3 cm³/mol. The molecule has 1 aromatic heterocycles. The highest BCUT2D eigenvalue weighted by Gasteiger charge is 2.47. The fourth-order valence-electron chi connectivity index (χ4n) is 2.79. The van der Waals surface area contributed by atoms with Crippen LogP contribution < -0.4 is 5.32 Å². The Morgan fingerprint density at radius 3 is 2.93 bits per heavy atom. The summed E-state index contributed by atoms with van der Waals surface area (Å²) in [5.74, 6) is 0. The maximum absolute atomic E-state index is 4.08. The van der Waals surface area contributed by atoms with Crippen molar-refractivity contribution < 1.29 is 0 Å². The molecule has 3 heteroatoms. The van der Waals surface area contributed by atoms with Gasteiger partial charge in [0, 0.05) is 23.7 Å². The van der Waals surface area contributed by atoms with E-state index in [1.165, 1.54) is 37.0 Å². The number of nitrogens with one attached hydrogen (secondary N) is 1. The minimum atomic E-state index is 0.789. The van der Waals surface area contributed by atoms with E-state index in [-0.39, 0.29) is 0 Å². The molecular weight excluding hydrogens is 192 g/mol. The van der Waals surface area contributed by atoms with E-state index in [4.69, 9.17) is 0 Å². The fraction of sp³-hybridized carbons (Fsp3) is 0.727. The molecule has 2 aliphatic rings. The first-order chi connectivity index (χ1) is 6.86. The third-order valence-electron chi connectivity index (χ3n) is 3.82. The molecule has 0 aliphatic heterocycles. The van der Waals surface area contributed by atoms with Gasteiger partial charge in [-0.15, -0.1) is 11.3 Å². The van der Waals surface area contributed by atoms with Crippen LogP contribution in [0.5, 0.6) is 0 Å². The van der Waals surface area contributed by atoms with Crippen LogP contribution in [0.25, 0.3) is 0 Å². The normalized spacial score (nSPS) is 24.6. The summed E-state index contributed by atoms with van der Waals surface area (Å²) in [7, 11) is 0. The summed E-state index contributed by atoms with van der Waals surface area (Å²) in [6.45, 7) is 1.02. The molecule has 0 bridgehead atoms. The van der Waals surface area contributed by atoms with Crippen LogP contribution in [0.2, 0.25) is 0 Å². The average molecular weight is 208 g/mol. The second-order valence-corrected chi connectivity index (χ2v) is 5.78. The third-order valence-corrected chi connectivity index (χ3v) is 4.60. The molecule has 0 saturated heterocycles. The van der Waals surface area contributed by atoms with Gasteiger partial charge >= 0.3 is 0 Å². The van der Waals surface area contributed by atoms with Crippen LogP contribution in [0.3, 0.4) is 0 Å². The molecule has 0 radical (unpaired) electrons. The van der Waals surface area contributed by atoms with Crippen LogP contribution >= 0.6 is 11.3 Å². The summed E-state index contributed by atoms with van der Waals surface area (Å²) >= 11 is 1.75. The van der Waals surface area contributed by atoms with Crippen molar-refractivity contribution in [3.05, 3.63) is 16.6 Å². The average Bonchev–Trinajstić information content (AvgIpc) is 2.50. The molecule has 2 nitrogen and oxygen atoms in total. The SMILES string of the molecule is c1ncc(CNC2CC3(CCC3)C2)s1. The maximum atomic E-state index is 4.08. The minimum absolute atomic E-state index is 0.789. The van der Waals surface area contributed by atoms with Crippen molar-refractivity contribution in [3.63, 3.8) is 0 Å². The van der Waals surface area contributed by atoms with Gasteiger partial charge in [0.15, 0.2) is 0 Å². The van der Waals surface area contributed by atoms with Gasteiger partial charge < -0.3 is 5.32 Å². The molecule has 0 amide bonds. The van der Waals surface area contributed by atoms with Gasteiger partial charge in [0.25, 0.3) is 0 Å². The Labute approximate surface area is 88.7 Å². The topological polar surface area (TPSA) is 24.9 Å². The molecule has 2 fully saturated rings. The van der Waals surface area contributed by atoms with Crippen LogP contribution in [-0.4, -0.2) is 11.0 Å². The van der Waals surface area contributed by atoms with Gasteiger partial charge in [-0.3, -0.25) is 4.98 Å². The first kappa shape index (κ1) is 8.86. The summed E-state index contributed by atoms with van der Waals surface area (Å²) in [6.07, 6.45) is 9.27. The van der Waals surface area contributed by atoms with Gasteiger partial charge in [-0.05, 0) is 31.1 Å². The van der Waals surface area contributed by atoms with Crippen molar-refractivity contribution in [2.75, 3.05) is 0 Å². The summed E-state index contributed by atoms with van der Waals surface area (Å²) in [5.41, 5.74) is 2.70. The second kappa shape index (κ2) is 3.31. The number of nitrogens with zero attached hydrogens (tertiary/aromatic N) is 1. The highest BCUT2D eigenvalue weighted by Crippen LogP contribution is 2.55. The largest absolute Gasteiger partial charge is 0.309 e.